The second-order valence-corrected chi connectivity index (χ2v) is 4.80. The van der Waals surface area contributed by atoms with Gasteiger partial charge in [-0.3, -0.25) is 4.79 Å². The smallest absolute Gasteiger partial charge is 0.241 e. The van der Waals surface area contributed by atoms with E-state index < -0.39 is 0 Å². The Morgan fingerprint density at radius 1 is 1.20 bits per heavy atom. The lowest BCUT2D eigenvalue weighted by molar-refractivity contribution is -0.129. The number of hydrogen-bond donors (Lipinski definition) is 1. The van der Waals surface area contributed by atoms with Crippen molar-refractivity contribution >= 4 is 11.6 Å². The van der Waals surface area contributed by atoms with E-state index >= 15 is 0 Å². The summed E-state index contributed by atoms with van der Waals surface area (Å²) in [5, 5.41) is 3.14. The molecule has 0 bridgehead atoms. The zero-order valence-corrected chi connectivity index (χ0v) is 12.1. The normalized spacial score (nSPS) is 12.3. The Morgan fingerprint density at radius 2 is 1.90 bits per heavy atom. The predicted octanol–water partition coefficient (Wildman–Crippen LogP) is 2.48. The third-order valence-corrected chi connectivity index (χ3v) is 3.16. The molecule has 20 heavy (non-hydrogen) atoms. The largest absolute Gasteiger partial charge is 0.454 e. The maximum absolute atomic E-state index is 12.1. The molecular formula is C15H22N2O3. The van der Waals surface area contributed by atoms with Crippen LogP contribution >= 0.6 is 0 Å². The summed E-state index contributed by atoms with van der Waals surface area (Å²) >= 11 is 0. The van der Waals surface area contributed by atoms with Gasteiger partial charge in [0.1, 0.15) is 0 Å². The van der Waals surface area contributed by atoms with Gasteiger partial charge in [-0.15, -0.1) is 0 Å². The van der Waals surface area contributed by atoms with Gasteiger partial charge in [0.05, 0.1) is 6.54 Å². The van der Waals surface area contributed by atoms with E-state index in [9.17, 15) is 4.79 Å². The highest BCUT2D eigenvalue weighted by atomic mass is 16.7. The molecule has 0 spiro atoms. The van der Waals surface area contributed by atoms with Gasteiger partial charge in [0.15, 0.2) is 11.5 Å². The number of carbonyl (C=O) groups excluding carboxylic acids is 1. The van der Waals surface area contributed by atoms with Gasteiger partial charge in [0.25, 0.3) is 0 Å². The van der Waals surface area contributed by atoms with Crippen molar-refractivity contribution in [2.24, 2.45) is 0 Å². The molecule has 1 aliphatic rings. The zero-order valence-electron chi connectivity index (χ0n) is 12.1. The number of nitrogens with zero attached hydrogens (tertiary/aromatic N) is 1. The lowest BCUT2D eigenvalue weighted by Gasteiger charge is -2.21. The van der Waals surface area contributed by atoms with Gasteiger partial charge >= 0.3 is 0 Å². The molecule has 1 aliphatic heterocycles. The topological polar surface area (TPSA) is 50.8 Å². The van der Waals surface area contributed by atoms with Crippen LogP contribution in [-0.2, 0) is 4.79 Å². The molecule has 0 radical (unpaired) electrons. The van der Waals surface area contributed by atoms with E-state index in [2.05, 4.69) is 19.2 Å². The number of anilines is 1. The van der Waals surface area contributed by atoms with Crippen molar-refractivity contribution in [2.75, 3.05) is 31.7 Å². The molecule has 5 nitrogen and oxygen atoms in total. The molecule has 0 unspecified atom stereocenters. The van der Waals surface area contributed by atoms with Gasteiger partial charge in [0, 0.05) is 24.8 Å². The molecule has 0 fully saturated rings. The molecule has 0 saturated heterocycles. The maximum Gasteiger partial charge on any atom is 0.241 e. The van der Waals surface area contributed by atoms with Gasteiger partial charge in [0.2, 0.25) is 12.7 Å². The van der Waals surface area contributed by atoms with E-state index in [-0.39, 0.29) is 12.7 Å². The minimum Gasteiger partial charge on any atom is -0.454 e. The molecule has 110 valence electrons. The Morgan fingerprint density at radius 3 is 2.60 bits per heavy atom. The fourth-order valence-corrected chi connectivity index (χ4v) is 2.20. The number of nitrogens with one attached hydrogen (secondary N) is 1. The molecule has 1 aromatic carbocycles. The highest BCUT2D eigenvalue weighted by Gasteiger charge is 2.14. The molecule has 0 aliphatic carbocycles. The minimum absolute atomic E-state index is 0.131. The lowest BCUT2D eigenvalue weighted by atomic mass is 10.2. The van der Waals surface area contributed by atoms with E-state index in [1.54, 1.807) is 0 Å². The first kappa shape index (κ1) is 14.5. The molecule has 2 rings (SSSR count). The summed E-state index contributed by atoms with van der Waals surface area (Å²) in [6.07, 6.45) is 1.96. The van der Waals surface area contributed by atoms with Crippen molar-refractivity contribution < 1.29 is 14.3 Å². The van der Waals surface area contributed by atoms with Gasteiger partial charge in [-0.2, -0.15) is 0 Å². The second-order valence-electron chi connectivity index (χ2n) is 4.80. The molecule has 0 aromatic heterocycles. The third-order valence-electron chi connectivity index (χ3n) is 3.16. The molecule has 1 amide bonds. The molecule has 1 heterocycles. The van der Waals surface area contributed by atoms with Crippen LogP contribution in [-0.4, -0.2) is 37.2 Å². The summed E-state index contributed by atoms with van der Waals surface area (Å²) in [7, 11) is 0. The molecule has 1 aromatic rings. The van der Waals surface area contributed by atoms with Crippen LogP contribution in [0.15, 0.2) is 18.2 Å². The van der Waals surface area contributed by atoms with E-state index in [1.165, 1.54) is 0 Å². The van der Waals surface area contributed by atoms with Gasteiger partial charge in [-0.25, -0.2) is 0 Å². The van der Waals surface area contributed by atoms with Crippen molar-refractivity contribution in [3.63, 3.8) is 0 Å². The Bertz CT molecular complexity index is 456. The summed E-state index contributed by atoms with van der Waals surface area (Å²) in [4.78, 5) is 14.0. The number of ether oxygens (including phenoxy) is 2. The van der Waals surface area contributed by atoms with Crippen molar-refractivity contribution in [1.29, 1.82) is 0 Å². The average molecular weight is 278 g/mol. The quantitative estimate of drug-likeness (QED) is 0.832. The highest BCUT2D eigenvalue weighted by molar-refractivity contribution is 5.81. The van der Waals surface area contributed by atoms with Gasteiger partial charge in [-0.05, 0) is 25.0 Å². The van der Waals surface area contributed by atoms with Crippen molar-refractivity contribution in [3.8, 4) is 11.5 Å². The Hall–Kier alpha value is -1.91. The number of benzene rings is 1. The summed E-state index contributed by atoms with van der Waals surface area (Å²) < 4.78 is 10.6. The average Bonchev–Trinajstić information content (AvgIpc) is 2.92. The van der Waals surface area contributed by atoms with E-state index in [0.717, 1.165) is 43.1 Å². The van der Waals surface area contributed by atoms with Crippen molar-refractivity contribution in [1.82, 2.24) is 4.90 Å². The van der Waals surface area contributed by atoms with Crippen LogP contribution in [0.5, 0.6) is 11.5 Å². The number of rotatable bonds is 7. The second kappa shape index (κ2) is 7.03. The summed E-state index contributed by atoms with van der Waals surface area (Å²) in [6.45, 7) is 6.37. The monoisotopic (exact) mass is 278 g/mol. The molecule has 5 heteroatoms. The molecule has 1 N–H and O–H groups in total. The number of amides is 1. The summed E-state index contributed by atoms with van der Waals surface area (Å²) in [5.41, 5.74) is 0.871. The minimum atomic E-state index is 0.131. The Labute approximate surface area is 119 Å². The predicted molar refractivity (Wildman–Crippen MR) is 78.2 cm³/mol. The third kappa shape index (κ3) is 3.56. The Balaban J connectivity index is 1.89. The molecule has 0 atom stereocenters. The zero-order chi connectivity index (χ0) is 14.4. The summed E-state index contributed by atoms with van der Waals surface area (Å²) in [5.74, 6) is 1.60. The first-order valence-corrected chi connectivity index (χ1v) is 7.16. The fraction of sp³-hybridized carbons (Fsp3) is 0.533. The summed E-state index contributed by atoms with van der Waals surface area (Å²) in [6, 6.07) is 5.61. The van der Waals surface area contributed by atoms with E-state index in [1.807, 2.05) is 23.1 Å². The number of carbonyl (C=O) groups is 1. The van der Waals surface area contributed by atoms with Crippen LogP contribution in [0, 0.1) is 0 Å². The Kier molecular flexibility index (Phi) is 5.09. The van der Waals surface area contributed by atoms with Gasteiger partial charge < -0.3 is 19.7 Å². The first-order valence-electron chi connectivity index (χ1n) is 7.16. The van der Waals surface area contributed by atoms with Crippen LogP contribution in [0.1, 0.15) is 26.7 Å². The number of hydrogen-bond acceptors (Lipinski definition) is 4. The maximum atomic E-state index is 12.1. The number of fused-ring (bicyclic) bond motifs is 1. The van der Waals surface area contributed by atoms with Crippen LogP contribution in [0.2, 0.25) is 0 Å². The SMILES string of the molecule is CCCN(CCC)C(=O)CNc1ccc2c(c1)OCO2. The lowest BCUT2D eigenvalue weighted by Crippen LogP contribution is -2.36. The van der Waals surface area contributed by atoms with Crippen molar-refractivity contribution in [2.45, 2.75) is 26.7 Å². The van der Waals surface area contributed by atoms with E-state index in [0.29, 0.717) is 6.54 Å². The van der Waals surface area contributed by atoms with E-state index in [4.69, 9.17) is 9.47 Å². The van der Waals surface area contributed by atoms with Crippen LogP contribution in [0.3, 0.4) is 0 Å². The standard InChI is InChI=1S/C15H22N2O3/c1-3-7-17(8-4-2)15(18)10-16-12-5-6-13-14(9-12)20-11-19-13/h5-6,9,16H,3-4,7-8,10-11H2,1-2H3. The highest BCUT2D eigenvalue weighted by Crippen LogP contribution is 2.34. The van der Waals surface area contributed by atoms with Crippen molar-refractivity contribution in [3.05, 3.63) is 18.2 Å². The molecular weight excluding hydrogens is 256 g/mol. The fourth-order valence-electron chi connectivity index (χ4n) is 2.20. The molecule has 0 saturated carbocycles. The van der Waals surface area contributed by atoms with Crippen LogP contribution < -0.4 is 14.8 Å². The van der Waals surface area contributed by atoms with Crippen LogP contribution in [0.4, 0.5) is 5.69 Å². The van der Waals surface area contributed by atoms with Crippen LogP contribution in [0.25, 0.3) is 0 Å². The van der Waals surface area contributed by atoms with Gasteiger partial charge in [-0.1, -0.05) is 13.8 Å². The first-order chi connectivity index (χ1) is 9.74.